The highest BCUT2D eigenvalue weighted by Crippen LogP contribution is 2.51. The van der Waals surface area contributed by atoms with Gasteiger partial charge in [0.25, 0.3) is 0 Å². The van der Waals surface area contributed by atoms with E-state index in [1.165, 1.54) is 5.30 Å². The summed E-state index contributed by atoms with van der Waals surface area (Å²) in [6, 6.07) is 10.6. The van der Waals surface area contributed by atoms with E-state index in [9.17, 15) is 0 Å². The van der Waals surface area contributed by atoms with Crippen molar-refractivity contribution in [3.63, 3.8) is 0 Å². The summed E-state index contributed by atoms with van der Waals surface area (Å²) < 4.78 is 6.25. The Balaban J connectivity index is 2.98. The summed E-state index contributed by atoms with van der Waals surface area (Å²) in [7, 11) is -0.585. The highest BCUT2D eigenvalue weighted by molar-refractivity contribution is 7.62. The Kier molecular flexibility index (Phi) is 4.15. The van der Waals surface area contributed by atoms with Crippen LogP contribution in [0.1, 0.15) is 41.5 Å². The van der Waals surface area contributed by atoms with Gasteiger partial charge in [-0.2, -0.15) is 0 Å². The zero-order chi connectivity index (χ0) is 12.4. The summed E-state index contributed by atoms with van der Waals surface area (Å²) in [4.78, 5) is 0. The molecule has 0 bridgehead atoms. The highest BCUT2D eigenvalue weighted by atomic mass is 31.1. The van der Waals surface area contributed by atoms with Crippen LogP contribution in [0, 0.1) is 0 Å². The van der Waals surface area contributed by atoms with Crippen molar-refractivity contribution >= 4 is 13.5 Å². The molecule has 0 aliphatic heterocycles. The molecule has 0 amide bonds. The Bertz CT molecular complexity index is 319. The van der Waals surface area contributed by atoms with Crippen molar-refractivity contribution < 1.29 is 4.52 Å². The molecule has 2 heteroatoms. The van der Waals surface area contributed by atoms with Gasteiger partial charge < -0.3 is 4.52 Å². The Labute approximate surface area is 101 Å². The van der Waals surface area contributed by atoms with Gasteiger partial charge in [-0.1, -0.05) is 51.1 Å². The third-order valence-electron chi connectivity index (χ3n) is 1.97. The van der Waals surface area contributed by atoms with Crippen LogP contribution in [0.3, 0.4) is 0 Å². The molecule has 0 fully saturated rings. The van der Waals surface area contributed by atoms with E-state index in [1.54, 1.807) is 0 Å². The molecule has 0 aliphatic rings. The van der Waals surface area contributed by atoms with Gasteiger partial charge in [0.1, 0.15) is 0 Å². The molecule has 1 atom stereocenters. The normalized spacial score (nSPS) is 14.9. The molecule has 90 valence electrons. The lowest BCUT2D eigenvalue weighted by Gasteiger charge is -2.36. The fourth-order valence-electron chi connectivity index (χ4n) is 1.41. The second kappa shape index (κ2) is 4.85. The molecular weight excluding hydrogens is 215 g/mol. The Morgan fingerprint density at radius 3 is 1.75 bits per heavy atom. The Morgan fingerprint density at radius 2 is 1.38 bits per heavy atom. The molecule has 0 spiro atoms. The minimum Gasteiger partial charge on any atom is -0.348 e. The summed E-state index contributed by atoms with van der Waals surface area (Å²) in [5, 5.41) is 1.49. The first-order chi connectivity index (χ1) is 7.20. The number of benzene rings is 1. The van der Waals surface area contributed by atoms with Gasteiger partial charge in [-0.25, -0.2) is 0 Å². The minimum atomic E-state index is -0.585. The third kappa shape index (κ3) is 4.23. The van der Waals surface area contributed by atoms with Gasteiger partial charge in [0.2, 0.25) is 0 Å². The van der Waals surface area contributed by atoms with Gasteiger partial charge in [-0.3, -0.25) is 0 Å². The van der Waals surface area contributed by atoms with Crippen molar-refractivity contribution in [2.75, 3.05) is 0 Å². The summed E-state index contributed by atoms with van der Waals surface area (Å²) in [5.41, 5.74) is -0.0885. The maximum absolute atomic E-state index is 6.25. The van der Waals surface area contributed by atoms with E-state index in [4.69, 9.17) is 4.52 Å². The van der Waals surface area contributed by atoms with E-state index in [-0.39, 0.29) is 10.8 Å². The molecule has 0 heterocycles. The predicted octanol–water partition coefficient (Wildman–Crippen LogP) is 4.32. The zero-order valence-corrected chi connectivity index (χ0v) is 12.1. The molecule has 0 radical (unpaired) electrons. The molecule has 1 unspecified atom stereocenters. The first kappa shape index (κ1) is 13.7. The lowest BCUT2D eigenvalue weighted by atomic mass is 10.2. The van der Waals surface area contributed by atoms with Crippen molar-refractivity contribution in [3.8, 4) is 0 Å². The lowest BCUT2D eigenvalue weighted by Crippen LogP contribution is -2.27. The number of rotatable bonds is 2. The van der Waals surface area contributed by atoms with Crippen LogP contribution in [0.2, 0.25) is 0 Å². The smallest absolute Gasteiger partial charge is 0.0666 e. The number of hydrogen-bond donors (Lipinski definition) is 0. The second-order valence-corrected chi connectivity index (χ2v) is 8.63. The van der Waals surface area contributed by atoms with E-state index in [2.05, 4.69) is 71.9 Å². The van der Waals surface area contributed by atoms with Crippen LogP contribution in [0.5, 0.6) is 0 Å². The van der Waals surface area contributed by atoms with Crippen molar-refractivity contribution in [3.05, 3.63) is 30.3 Å². The predicted molar refractivity (Wildman–Crippen MR) is 73.6 cm³/mol. The standard InChI is InChI=1S/C14H23OP/c1-13(2,3)15-16(14(4,5)6)12-10-8-7-9-11-12/h7-11H,1-6H3. The van der Waals surface area contributed by atoms with Gasteiger partial charge in [-0.15, -0.1) is 0 Å². The Morgan fingerprint density at radius 1 is 0.875 bits per heavy atom. The van der Waals surface area contributed by atoms with Crippen molar-refractivity contribution in [1.29, 1.82) is 0 Å². The largest absolute Gasteiger partial charge is 0.348 e. The second-order valence-electron chi connectivity index (χ2n) is 6.00. The molecule has 0 N–H and O–H groups in total. The van der Waals surface area contributed by atoms with Crippen LogP contribution in [-0.2, 0) is 4.52 Å². The third-order valence-corrected chi connectivity index (χ3v) is 4.68. The fourth-order valence-corrected chi connectivity index (χ4v) is 3.56. The molecule has 0 aromatic heterocycles. The van der Waals surface area contributed by atoms with E-state index < -0.39 is 8.15 Å². The summed E-state index contributed by atoms with van der Waals surface area (Å²) in [5.74, 6) is 0. The molecule has 1 aromatic carbocycles. The summed E-state index contributed by atoms with van der Waals surface area (Å²) >= 11 is 0. The molecule has 1 rings (SSSR count). The maximum atomic E-state index is 6.25. The fraction of sp³-hybridized carbons (Fsp3) is 0.571. The van der Waals surface area contributed by atoms with Gasteiger partial charge in [-0.05, 0) is 20.8 Å². The first-order valence-electron chi connectivity index (χ1n) is 5.74. The van der Waals surface area contributed by atoms with Crippen LogP contribution in [-0.4, -0.2) is 10.8 Å². The molecule has 0 aliphatic carbocycles. The highest BCUT2D eigenvalue weighted by Gasteiger charge is 2.31. The molecule has 0 saturated heterocycles. The molecule has 16 heavy (non-hydrogen) atoms. The average Bonchev–Trinajstić information content (AvgIpc) is 2.13. The molecule has 1 aromatic rings. The van der Waals surface area contributed by atoms with Gasteiger partial charge in [0, 0.05) is 10.5 Å². The van der Waals surface area contributed by atoms with E-state index in [1.807, 2.05) is 0 Å². The molecule has 0 saturated carbocycles. The summed E-state index contributed by atoms with van der Waals surface area (Å²) in [6.07, 6.45) is 0. The first-order valence-corrected chi connectivity index (χ1v) is 7.00. The average molecular weight is 238 g/mol. The van der Waals surface area contributed by atoms with Gasteiger partial charge >= 0.3 is 0 Å². The topological polar surface area (TPSA) is 9.23 Å². The lowest BCUT2D eigenvalue weighted by molar-refractivity contribution is 0.148. The maximum Gasteiger partial charge on any atom is 0.0666 e. The van der Waals surface area contributed by atoms with Crippen molar-refractivity contribution in [2.24, 2.45) is 0 Å². The van der Waals surface area contributed by atoms with Gasteiger partial charge in [0.05, 0.1) is 13.7 Å². The van der Waals surface area contributed by atoms with Crippen LogP contribution in [0.25, 0.3) is 0 Å². The Hall–Kier alpha value is -0.390. The minimum absolute atomic E-state index is 0.0885. The zero-order valence-electron chi connectivity index (χ0n) is 11.2. The van der Waals surface area contributed by atoms with Gasteiger partial charge in [0.15, 0.2) is 0 Å². The van der Waals surface area contributed by atoms with Crippen LogP contribution in [0.4, 0.5) is 0 Å². The van der Waals surface area contributed by atoms with Crippen LogP contribution >= 0.6 is 8.15 Å². The molecular formula is C14H23OP. The van der Waals surface area contributed by atoms with Crippen molar-refractivity contribution in [1.82, 2.24) is 0 Å². The van der Waals surface area contributed by atoms with E-state index in [0.29, 0.717) is 0 Å². The van der Waals surface area contributed by atoms with Crippen LogP contribution in [0.15, 0.2) is 30.3 Å². The molecule has 1 nitrogen and oxygen atoms in total. The quantitative estimate of drug-likeness (QED) is 0.697. The number of hydrogen-bond acceptors (Lipinski definition) is 1. The van der Waals surface area contributed by atoms with Crippen molar-refractivity contribution in [2.45, 2.75) is 52.3 Å². The SMILES string of the molecule is CC(C)(C)OP(c1ccccc1)C(C)(C)C. The van der Waals surface area contributed by atoms with Crippen LogP contribution < -0.4 is 5.30 Å². The summed E-state index contributed by atoms with van der Waals surface area (Å²) in [6.45, 7) is 13.1. The van der Waals surface area contributed by atoms with E-state index >= 15 is 0 Å². The van der Waals surface area contributed by atoms with E-state index in [0.717, 1.165) is 0 Å². The monoisotopic (exact) mass is 238 g/mol.